The zero-order valence-corrected chi connectivity index (χ0v) is 24.0. The Morgan fingerprint density at radius 2 is 2.03 bits per heavy atom. The Hall–Kier alpha value is -0.474. The Morgan fingerprint density at radius 1 is 1.21 bits per heavy atom. The first-order chi connectivity index (χ1) is 15.6. The summed E-state index contributed by atoms with van der Waals surface area (Å²) in [5.41, 5.74) is 6.09. The minimum atomic E-state index is 0. The topological polar surface area (TPSA) is 89.6 Å². The normalized spacial score (nSPS) is 18.1. The Balaban J connectivity index is 0.000000237. The van der Waals surface area contributed by atoms with Gasteiger partial charge in [0.1, 0.15) is 0 Å². The second-order valence-corrected chi connectivity index (χ2v) is 9.04. The third-order valence-corrected chi connectivity index (χ3v) is 6.38. The molecule has 0 radical (unpaired) electrons. The average molecular weight is 511 g/mol. The van der Waals surface area contributed by atoms with Crippen molar-refractivity contribution in [2.45, 2.75) is 11.7 Å². The maximum absolute atomic E-state index is 5.38. The van der Waals surface area contributed by atoms with Crippen LogP contribution in [-0.4, -0.2) is 71.5 Å². The molecule has 5 rings (SSSR count). The number of rotatable bonds is 3. The van der Waals surface area contributed by atoms with Crippen LogP contribution in [0.2, 0.25) is 0 Å². The fraction of sp³-hybridized carbons (Fsp3) is 0.409. The SMILES string of the molecule is COc1nc(-c2ccc3c(c2)CCN3C)cc2nccnc12.NSN1CCOCC([S-])C1.[K+]. The van der Waals surface area contributed by atoms with E-state index in [1.54, 1.807) is 19.5 Å². The molecule has 0 saturated carbocycles. The van der Waals surface area contributed by atoms with Gasteiger partial charge < -0.3 is 27.0 Å². The second kappa shape index (κ2) is 13.0. The first kappa shape index (κ1) is 27.1. The van der Waals surface area contributed by atoms with Gasteiger partial charge in [-0.05, 0) is 36.7 Å². The van der Waals surface area contributed by atoms with E-state index in [1.807, 2.05) is 10.4 Å². The monoisotopic (exact) mass is 510 g/mol. The molecule has 8 nitrogen and oxygen atoms in total. The van der Waals surface area contributed by atoms with E-state index in [2.05, 4.69) is 45.1 Å². The summed E-state index contributed by atoms with van der Waals surface area (Å²) in [6.45, 7) is 4.24. The van der Waals surface area contributed by atoms with E-state index in [0.29, 0.717) is 18.0 Å². The molecule has 1 saturated heterocycles. The Labute approximate surface area is 247 Å². The van der Waals surface area contributed by atoms with Gasteiger partial charge in [-0.1, -0.05) is 6.07 Å². The van der Waals surface area contributed by atoms with Crippen molar-refractivity contribution in [3.05, 3.63) is 42.2 Å². The van der Waals surface area contributed by atoms with E-state index < -0.39 is 0 Å². The van der Waals surface area contributed by atoms with Crippen LogP contribution in [0, 0.1) is 0 Å². The van der Waals surface area contributed by atoms with Gasteiger partial charge in [0.2, 0.25) is 5.88 Å². The predicted octanol–water partition coefficient (Wildman–Crippen LogP) is -0.547. The molecule has 2 N–H and O–H groups in total. The molecule has 0 spiro atoms. The van der Waals surface area contributed by atoms with Crippen molar-refractivity contribution in [3.63, 3.8) is 0 Å². The summed E-state index contributed by atoms with van der Waals surface area (Å²) >= 11 is 6.33. The van der Waals surface area contributed by atoms with Gasteiger partial charge in [0, 0.05) is 62.5 Å². The summed E-state index contributed by atoms with van der Waals surface area (Å²) in [5.74, 6) is 0.512. The van der Waals surface area contributed by atoms with Crippen molar-refractivity contribution >= 4 is 41.5 Å². The van der Waals surface area contributed by atoms with E-state index in [-0.39, 0.29) is 56.6 Å². The number of hydrogen-bond acceptors (Lipinski definition) is 10. The molecule has 1 unspecified atom stereocenters. The van der Waals surface area contributed by atoms with Crippen LogP contribution >= 0.6 is 12.1 Å². The first-order valence-corrected chi connectivity index (χ1v) is 11.8. The van der Waals surface area contributed by atoms with E-state index in [0.717, 1.165) is 49.4 Å². The zero-order chi connectivity index (χ0) is 22.5. The van der Waals surface area contributed by atoms with Crippen molar-refractivity contribution in [2.75, 3.05) is 51.9 Å². The number of fused-ring (bicyclic) bond motifs is 2. The van der Waals surface area contributed by atoms with Gasteiger partial charge in [0.15, 0.2) is 5.52 Å². The van der Waals surface area contributed by atoms with Crippen molar-refractivity contribution in [1.29, 1.82) is 0 Å². The molecule has 3 aromatic rings. The smallest absolute Gasteiger partial charge is 0.786 e. The van der Waals surface area contributed by atoms with Crippen LogP contribution in [0.15, 0.2) is 36.7 Å². The summed E-state index contributed by atoms with van der Waals surface area (Å²) in [6.07, 6.45) is 4.41. The van der Waals surface area contributed by atoms with Crippen LogP contribution in [0.3, 0.4) is 0 Å². The van der Waals surface area contributed by atoms with Crippen molar-refractivity contribution in [3.8, 4) is 17.1 Å². The third-order valence-electron chi connectivity index (χ3n) is 5.47. The largest absolute Gasteiger partial charge is 1.00 e. The number of methoxy groups -OCH3 is 1. The van der Waals surface area contributed by atoms with E-state index in [9.17, 15) is 0 Å². The number of hydrogen-bond donors (Lipinski definition) is 1. The Morgan fingerprint density at radius 3 is 2.82 bits per heavy atom. The molecule has 1 fully saturated rings. The van der Waals surface area contributed by atoms with Crippen molar-refractivity contribution in [1.82, 2.24) is 19.3 Å². The van der Waals surface area contributed by atoms with Crippen LogP contribution < -0.4 is 66.2 Å². The minimum Gasteiger partial charge on any atom is -0.786 e. The average Bonchev–Trinajstić information content (AvgIpc) is 3.06. The van der Waals surface area contributed by atoms with Gasteiger partial charge in [-0.25, -0.2) is 14.3 Å². The van der Waals surface area contributed by atoms with Gasteiger partial charge >= 0.3 is 51.4 Å². The molecule has 33 heavy (non-hydrogen) atoms. The number of ether oxygens (including phenoxy) is 2. The molecular formula is C22H27KN6O2S2. The number of pyridine rings is 1. The zero-order valence-electron chi connectivity index (χ0n) is 19.2. The number of likely N-dealkylation sites (N-methyl/N-ethyl adjacent to an activating group) is 1. The van der Waals surface area contributed by atoms with Crippen molar-refractivity contribution < 1.29 is 60.9 Å². The molecular weight excluding hydrogens is 484 g/mol. The van der Waals surface area contributed by atoms with E-state index in [4.69, 9.17) is 27.2 Å². The van der Waals surface area contributed by atoms with E-state index >= 15 is 0 Å². The molecule has 11 heteroatoms. The van der Waals surface area contributed by atoms with Crippen molar-refractivity contribution in [2.24, 2.45) is 5.14 Å². The Bertz CT molecular complexity index is 1080. The van der Waals surface area contributed by atoms with E-state index in [1.165, 1.54) is 23.4 Å². The van der Waals surface area contributed by atoms with Gasteiger partial charge in [0.25, 0.3) is 0 Å². The van der Waals surface area contributed by atoms with Crippen LogP contribution in [0.5, 0.6) is 5.88 Å². The molecule has 1 atom stereocenters. The first-order valence-electron chi connectivity index (χ1n) is 10.4. The van der Waals surface area contributed by atoms with Crippen LogP contribution in [-0.2, 0) is 23.8 Å². The predicted molar refractivity (Wildman–Crippen MR) is 132 cm³/mol. The maximum Gasteiger partial charge on any atom is 1.00 e. The molecule has 170 valence electrons. The summed E-state index contributed by atoms with van der Waals surface area (Å²) in [5, 5.41) is 5.57. The van der Waals surface area contributed by atoms with Crippen LogP contribution in [0.1, 0.15) is 5.56 Å². The molecule has 2 aliphatic heterocycles. The van der Waals surface area contributed by atoms with Gasteiger partial charge in [-0.2, -0.15) is 0 Å². The van der Waals surface area contributed by atoms with Gasteiger partial charge in [-0.15, -0.1) is 5.25 Å². The van der Waals surface area contributed by atoms with Crippen LogP contribution in [0.25, 0.3) is 22.3 Å². The standard InChI is InChI=1S/C17H16N4O.C5H12N2OS2.K/c1-21-8-5-12-9-11(3-4-15(12)21)13-10-14-16(17(20-13)22-2)19-7-6-18-14;6-10-7-1-2-8-4-5(9)3-7;/h3-4,6-7,9-10H,5,8H2,1-2H3;5,9H,1-4,6H2;/q;;+1/p-1. The summed E-state index contributed by atoms with van der Waals surface area (Å²) < 4.78 is 12.6. The minimum absolute atomic E-state index is 0. The summed E-state index contributed by atoms with van der Waals surface area (Å²) in [7, 11) is 3.73. The van der Waals surface area contributed by atoms with Crippen LogP contribution in [0.4, 0.5) is 5.69 Å². The number of nitrogens with zero attached hydrogens (tertiary/aromatic N) is 5. The number of nitrogens with two attached hydrogens (primary N) is 1. The summed E-state index contributed by atoms with van der Waals surface area (Å²) in [4.78, 5) is 15.5. The molecule has 0 aliphatic carbocycles. The quantitative estimate of drug-likeness (QED) is 0.281. The number of benzene rings is 1. The fourth-order valence-corrected chi connectivity index (χ4v) is 4.62. The number of aromatic nitrogens is 3. The molecule has 0 bridgehead atoms. The Kier molecular flexibility index (Phi) is 10.7. The summed E-state index contributed by atoms with van der Waals surface area (Å²) in [6, 6.07) is 8.44. The molecule has 4 heterocycles. The third kappa shape index (κ3) is 6.81. The van der Waals surface area contributed by atoms with Gasteiger partial charge in [0.05, 0.1) is 24.9 Å². The van der Waals surface area contributed by atoms with Gasteiger partial charge in [-0.3, -0.25) is 10.1 Å². The molecule has 2 aliphatic rings. The second-order valence-electron chi connectivity index (χ2n) is 7.65. The molecule has 2 aromatic heterocycles. The molecule has 0 amide bonds. The molecule has 1 aromatic carbocycles. The fourth-order valence-electron chi connectivity index (χ4n) is 3.81. The maximum atomic E-state index is 5.38. The number of anilines is 1.